The number of halogens is 1. The Bertz CT molecular complexity index is 615. The topological polar surface area (TPSA) is 63.2 Å². The van der Waals surface area contributed by atoms with Crippen LogP contribution in [0.15, 0.2) is 24.3 Å². The van der Waals surface area contributed by atoms with Crippen molar-refractivity contribution in [1.82, 2.24) is 5.32 Å². The first-order valence-electron chi connectivity index (χ1n) is 7.07. The van der Waals surface area contributed by atoms with Crippen LogP contribution in [0, 0.1) is 5.82 Å². The number of benzene rings is 1. The Labute approximate surface area is 124 Å². The van der Waals surface area contributed by atoms with Crippen LogP contribution in [0.4, 0.5) is 4.39 Å². The van der Waals surface area contributed by atoms with Gasteiger partial charge in [-0.05, 0) is 37.0 Å². The highest BCUT2D eigenvalue weighted by molar-refractivity contribution is 7.91. The van der Waals surface area contributed by atoms with E-state index in [1.54, 1.807) is 12.1 Å². The number of nitrogens with one attached hydrogen (secondary N) is 1. The van der Waals surface area contributed by atoms with Crippen LogP contribution in [-0.2, 0) is 21.1 Å². The summed E-state index contributed by atoms with van der Waals surface area (Å²) in [6, 6.07) is 5.82. The van der Waals surface area contributed by atoms with Crippen LogP contribution in [-0.4, -0.2) is 31.9 Å². The molecule has 2 atom stereocenters. The number of rotatable bonds is 4. The Hall–Kier alpha value is -1.43. The molecule has 0 saturated heterocycles. The number of carbonyl (C=O) groups excluding carboxylic acids is 1. The summed E-state index contributed by atoms with van der Waals surface area (Å²) in [6.07, 6.45) is 4.07. The zero-order valence-corrected chi connectivity index (χ0v) is 12.8. The average molecular weight is 313 g/mol. The maximum atomic E-state index is 13.1. The van der Waals surface area contributed by atoms with Crippen LogP contribution in [0.1, 0.15) is 31.2 Å². The molecule has 0 spiro atoms. The first-order chi connectivity index (χ1) is 9.84. The number of hydrogen-bond donors (Lipinski definition) is 1. The molecule has 0 aromatic heterocycles. The predicted octanol–water partition coefficient (Wildman–Crippen LogP) is 1.84. The lowest BCUT2D eigenvalue weighted by Gasteiger charge is -2.28. The monoisotopic (exact) mass is 313 g/mol. The van der Waals surface area contributed by atoms with Gasteiger partial charge >= 0.3 is 0 Å². The van der Waals surface area contributed by atoms with E-state index in [9.17, 15) is 17.6 Å². The van der Waals surface area contributed by atoms with Crippen LogP contribution in [0.3, 0.4) is 0 Å². The Kier molecular flexibility index (Phi) is 4.98. The van der Waals surface area contributed by atoms with E-state index in [-0.39, 0.29) is 29.4 Å². The van der Waals surface area contributed by atoms with Gasteiger partial charge in [-0.3, -0.25) is 4.79 Å². The summed E-state index contributed by atoms with van der Waals surface area (Å²) in [4.78, 5) is 12.0. The van der Waals surface area contributed by atoms with Gasteiger partial charge in [0.1, 0.15) is 15.7 Å². The molecule has 1 aromatic rings. The first kappa shape index (κ1) is 15.9. The van der Waals surface area contributed by atoms with Crippen LogP contribution in [0.25, 0.3) is 0 Å². The van der Waals surface area contributed by atoms with Crippen LogP contribution >= 0.6 is 0 Å². The molecule has 116 valence electrons. The van der Waals surface area contributed by atoms with E-state index < -0.39 is 9.84 Å². The Morgan fingerprint density at radius 3 is 2.81 bits per heavy atom. The molecule has 1 N–H and O–H groups in total. The standard InChI is InChI=1S/C15H20FNO3S/c1-21(19,20)14-7-3-6-13(10-14)17-15(18)9-11-4-2-5-12(16)8-11/h2,4-5,8,13-14H,3,6-7,9-10H2,1H3,(H,17,18)/t13-,14+/m0/s1. The van der Waals surface area contributed by atoms with E-state index in [0.717, 1.165) is 12.8 Å². The van der Waals surface area contributed by atoms with Gasteiger partial charge < -0.3 is 5.32 Å². The van der Waals surface area contributed by atoms with Gasteiger partial charge in [0, 0.05) is 12.3 Å². The molecule has 1 aliphatic rings. The minimum Gasteiger partial charge on any atom is -0.353 e. The van der Waals surface area contributed by atoms with Crippen molar-refractivity contribution < 1.29 is 17.6 Å². The number of amides is 1. The van der Waals surface area contributed by atoms with Gasteiger partial charge in [-0.25, -0.2) is 12.8 Å². The highest BCUT2D eigenvalue weighted by Gasteiger charge is 2.29. The van der Waals surface area contributed by atoms with E-state index in [4.69, 9.17) is 0 Å². The summed E-state index contributed by atoms with van der Waals surface area (Å²) in [7, 11) is -3.06. The number of carbonyl (C=O) groups is 1. The van der Waals surface area contributed by atoms with Crippen LogP contribution < -0.4 is 5.32 Å². The van der Waals surface area contributed by atoms with Crippen LogP contribution in [0.2, 0.25) is 0 Å². The van der Waals surface area contributed by atoms with Crippen molar-refractivity contribution >= 4 is 15.7 Å². The smallest absolute Gasteiger partial charge is 0.224 e. The van der Waals surface area contributed by atoms with E-state index in [2.05, 4.69) is 5.32 Å². The Balaban J connectivity index is 1.90. The fraction of sp³-hybridized carbons (Fsp3) is 0.533. The van der Waals surface area contributed by atoms with E-state index in [1.165, 1.54) is 18.4 Å². The van der Waals surface area contributed by atoms with Crippen molar-refractivity contribution in [3.63, 3.8) is 0 Å². The third-order valence-electron chi connectivity index (χ3n) is 3.85. The molecule has 0 bridgehead atoms. The zero-order valence-electron chi connectivity index (χ0n) is 12.0. The summed E-state index contributed by atoms with van der Waals surface area (Å²) < 4.78 is 36.2. The summed E-state index contributed by atoms with van der Waals surface area (Å²) in [5.41, 5.74) is 0.614. The number of hydrogen-bond acceptors (Lipinski definition) is 3. The minimum atomic E-state index is -3.06. The molecule has 1 amide bonds. The molecule has 2 rings (SSSR count). The van der Waals surface area contributed by atoms with Gasteiger partial charge in [0.25, 0.3) is 0 Å². The fourth-order valence-corrected chi connectivity index (χ4v) is 3.95. The predicted molar refractivity (Wildman–Crippen MR) is 79.1 cm³/mol. The molecular formula is C15H20FNO3S. The molecule has 21 heavy (non-hydrogen) atoms. The van der Waals surface area contributed by atoms with Crippen molar-refractivity contribution in [3.8, 4) is 0 Å². The van der Waals surface area contributed by atoms with Gasteiger partial charge in [-0.1, -0.05) is 18.6 Å². The zero-order chi connectivity index (χ0) is 15.5. The first-order valence-corrected chi connectivity index (χ1v) is 9.03. The van der Waals surface area contributed by atoms with Gasteiger partial charge in [0.15, 0.2) is 0 Å². The van der Waals surface area contributed by atoms with Crippen molar-refractivity contribution in [2.45, 2.75) is 43.4 Å². The summed E-state index contributed by atoms with van der Waals surface area (Å²) >= 11 is 0. The largest absolute Gasteiger partial charge is 0.353 e. The van der Waals surface area contributed by atoms with E-state index in [0.29, 0.717) is 18.4 Å². The summed E-state index contributed by atoms with van der Waals surface area (Å²) in [5.74, 6) is -0.560. The lowest BCUT2D eigenvalue weighted by atomic mass is 9.94. The van der Waals surface area contributed by atoms with E-state index in [1.807, 2.05) is 0 Å². The van der Waals surface area contributed by atoms with Crippen molar-refractivity contribution in [2.75, 3.05) is 6.26 Å². The van der Waals surface area contributed by atoms with Crippen LogP contribution in [0.5, 0.6) is 0 Å². The highest BCUT2D eigenvalue weighted by atomic mass is 32.2. The SMILES string of the molecule is CS(=O)(=O)[C@@H]1CCC[C@H](NC(=O)Cc2cccc(F)c2)C1. The van der Waals surface area contributed by atoms with Crippen molar-refractivity contribution in [1.29, 1.82) is 0 Å². The second-order valence-electron chi connectivity index (χ2n) is 5.69. The van der Waals surface area contributed by atoms with Gasteiger partial charge in [-0.2, -0.15) is 0 Å². The van der Waals surface area contributed by atoms with Gasteiger partial charge in [0.05, 0.1) is 11.7 Å². The Morgan fingerprint density at radius 1 is 1.38 bits per heavy atom. The highest BCUT2D eigenvalue weighted by Crippen LogP contribution is 2.23. The third kappa shape index (κ3) is 4.81. The third-order valence-corrected chi connectivity index (χ3v) is 5.49. The molecule has 0 unspecified atom stereocenters. The fourth-order valence-electron chi connectivity index (χ4n) is 2.78. The van der Waals surface area contributed by atoms with E-state index >= 15 is 0 Å². The normalized spacial score (nSPS) is 22.8. The molecule has 0 heterocycles. The summed E-state index contributed by atoms with van der Waals surface area (Å²) in [6.45, 7) is 0. The molecular weight excluding hydrogens is 293 g/mol. The van der Waals surface area contributed by atoms with Gasteiger partial charge in [-0.15, -0.1) is 0 Å². The number of sulfone groups is 1. The minimum absolute atomic E-state index is 0.109. The maximum absolute atomic E-state index is 13.1. The van der Waals surface area contributed by atoms with Gasteiger partial charge in [0.2, 0.25) is 5.91 Å². The molecule has 1 aliphatic carbocycles. The molecule has 0 radical (unpaired) electrons. The lowest BCUT2D eigenvalue weighted by molar-refractivity contribution is -0.121. The molecule has 0 aliphatic heterocycles. The maximum Gasteiger partial charge on any atom is 0.224 e. The molecule has 6 heteroatoms. The quantitative estimate of drug-likeness (QED) is 0.922. The molecule has 4 nitrogen and oxygen atoms in total. The molecule has 1 fully saturated rings. The summed E-state index contributed by atoms with van der Waals surface area (Å²) in [5, 5.41) is 2.49. The lowest BCUT2D eigenvalue weighted by Crippen LogP contribution is -2.42. The Morgan fingerprint density at radius 2 is 2.14 bits per heavy atom. The average Bonchev–Trinajstić information content (AvgIpc) is 2.37. The second-order valence-corrected chi connectivity index (χ2v) is 8.01. The second kappa shape index (κ2) is 6.56. The van der Waals surface area contributed by atoms with Crippen molar-refractivity contribution in [2.24, 2.45) is 0 Å². The molecule has 1 saturated carbocycles. The van der Waals surface area contributed by atoms with Crippen molar-refractivity contribution in [3.05, 3.63) is 35.6 Å². The molecule has 1 aromatic carbocycles.